The molecule has 0 amide bonds. The summed E-state index contributed by atoms with van der Waals surface area (Å²) in [6.07, 6.45) is 24.4. The molecule has 0 aromatic heterocycles. The Balaban J connectivity index is 0.000000780. The molecule has 5 fully saturated rings. The Morgan fingerprint density at radius 2 is 1.51 bits per heavy atom. The predicted molar refractivity (Wildman–Crippen MR) is 236 cm³/mol. The molecule has 6 heteroatoms. The molecule has 11 atom stereocenters. The van der Waals surface area contributed by atoms with E-state index in [1.165, 1.54) is 76.2 Å². The quantitative estimate of drug-likeness (QED) is 0.273. The molecule has 0 aromatic carbocycles. The monoisotopic (exact) mass is 787 g/mol. The molecular weight excluding hydrogens is 700 g/mol. The summed E-state index contributed by atoms with van der Waals surface area (Å²) in [5.41, 5.74) is 4.69. The molecule has 0 aromatic rings. The van der Waals surface area contributed by atoms with Gasteiger partial charge in [0, 0.05) is 31.7 Å². The van der Waals surface area contributed by atoms with Crippen molar-refractivity contribution in [3.8, 4) is 0 Å². The molecule has 7 aliphatic rings. The molecule has 1 aliphatic heterocycles. The van der Waals surface area contributed by atoms with Crippen molar-refractivity contribution in [2.75, 3.05) is 32.9 Å². The SMILES string of the molecule is C=CC.CC.CC1CN(CCNC23CCCC2C2CCC4C5(C)CC=C(C6=CCC(CF)CC6)C(C)(C)C5CCC4(C)[C@]2(C)CC3)CC(C)S1(=O)=O.CCC. The highest BCUT2D eigenvalue weighted by Crippen LogP contribution is 2.76. The van der Waals surface area contributed by atoms with Crippen LogP contribution in [0.3, 0.4) is 0 Å². The van der Waals surface area contributed by atoms with Crippen LogP contribution in [-0.4, -0.2) is 62.2 Å². The molecule has 55 heavy (non-hydrogen) atoms. The van der Waals surface area contributed by atoms with Gasteiger partial charge < -0.3 is 5.32 Å². The second-order valence-electron chi connectivity index (χ2n) is 20.4. The number of rotatable bonds is 6. The lowest BCUT2D eigenvalue weighted by Crippen LogP contribution is -2.67. The molecule has 7 rings (SSSR count). The van der Waals surface area contributed by atoms with Crippen LogP contribution in [0.5, 0.6) is 0 Å². The van der Waals surface area contributed by atoms with E-state index in [0.29, 0.717) is 35.3 Å². The Morgan fingerprint density at radius 1 is 0.873 bits per heavy atom. The molecule has 6 aliphatic carbocycles. The lowest BCUT2D eigenvalue weighted by atomic mass is 9.33. The average Bonchev–Trinajstić information content (AvgIpc) is 3.57. The number of allylic oxidation sites excluding steroid dienone is 5. The Hall–Kier alpha value is -0.980. The number of alkyl halides is 1. The standard InChI is InChI=1S/C41H67FN2O2S.C3H8.C3H6.C2H6/c1-28-26-44(27-29(2)47(28,45)46)24-23-43-41-18-8-9-34(41)33-14-15-36-38(5)19-16-32(31-12-10-30(25-42)11-13-31)37(3,4)35(38)17-20-40(36,7)39(33,6)21-22-41;2*1-3-2;1-2/h12,16,28-30,33-36,43H,8-11,13-15,17-27H2,1-7H3;3H2,1-2H3;3H,1H2,2H3;1-2H3/t28?,29?,30?,33?,34?,35?,36?,38?,39-,40?,41?;;;/m1.../s1. The Labute approximate surface area is 340 Å². The van der Waals surface area contributed by atoms with Crippen molar-refractivity contribution < 1.29 is 12.8 Å². The molecule has 0 bridgehead atoms. The molecule has 1 N–H and O–H groups in total. The van der Waals surface area contributed by atoms with Crippen LogP contribution in [0.15, 0.2) is 36.0 Å². The first-order chi connectivity index (χ1) is 26.0. The third kappa shape index (κ3) is 8.42. The fraction of sp³-hybridized carbons (Fsp3) is 0.878. The molecule has 1 saturated heterocycles. The van der Waals surface area contributed by atoms with Gasteiger partial charge in [0.15, 0.2) is 9.84 Å². The number of halogens is 1. The van der Waals surface area contributed by atoms with E-state index in [1.807, 2.05) is 34.6 Å². The molecule has 0 radical (unpaired) electrons. The Bertz CT molecular complexity index is 1440. The minimum atomic E-state index is -2.98. The summed E-state index contributed by atoms with van der Waals surface area (Å²) in [6.45, 7) is 33.7. The maximum atomic E-state index is 13.4. The minimum absolute atomic E-state index is 0.170. The van der Waals surface area contributed by atoms with Crippen molar-refractivity contribution in [3.63, 3.8) is 0 Å². The van der Waals surface area contributed by atoms with Crippen molar-refractivity contribution >= 4 is 9.84 Å². The first-order valence-electron chi connectivity index (χ1n) is 23.2. The lowest BCUT2D eigenvalue weighted by molar-refractivity contribution is -0.218. The summed E-state index contributed by atoms with van der Waals surface area (Å²) in [6, 6.07) is 0. The van der Waals surface area contributed by atoms with E-state index in [4.69, 9.17) is 0 Å². The maximum Gasteiger partial charge on any atom is 0.157 e. The van der Waals surface area contributed by atoms with Gasteiger partial charge in [-0.25, -0.2) is 8.42 Å². The van der Waals surface area contributed by atoms with E-state index in [-0.39, 0.29) is 34.0 Å². The van der Waals surface area contributed by atoms with Crippen molar-refractivity contribution in [1.82, 2.24) is 10.2 Å². The number of hydrogen-bond donors (Lipinski definition) is 1. The topological polar surface area (TPSA) is 49.4 Å². The molecule has 0 spiro atoms. The number of fused-ring (bicyclic) bond motifs is 7. The maximum absolute atomic E-state index is 13.4. The van der Waals surface area contributed by atoms with Crippen LogP contribution in [0.4, 0.5) is 4.39 Å². The second-order valence-corrected chi connectivity index (χ2v) is 23.2. The third-order valence-electron chi connectivity index (χ3n) is 17.1. The summed E-state index contributed by atoms with van der Waals surface area (Å²) in [5.74, 6) is 3.27. The van der Waals surface area contributed by atoms with Crippen molar-refractivity contribution in [2.24, 2.45) is 51.2 Å². The van der Waals surface area contributed by atoms with Gasteiger partial charge in [-0.2, -0.15) is 0 Å². The Kier molecular flexibility index (Phi) is 15.7. The fourth-order valence-electron chi connectivity index (χ4n) is 14.4. The van der Waals surface area contributed by atoms with E-state index < -0.39 is 9.84 Å². The summed E-state index contributed by atoms with van der Waals surface area (Å²) >= 11 is 0. The zero-order chi connectivity index (χ0) is 41.0. The molecule has 4 saturated carbocycles. The first kappa shape index (κ1) is 46.7. The van der Waals surface area contributed by atoms with Gasteiger partial charge in [0.2, 0.25) is 0 Å². The van der Waals surface area contributed by atoms with Crippen molar-refractivity contribution in [1.29, 1.82) is 0 Å². The average molecular weight is 787 g/mol. The van der Waals surface area contributed by atoms with Gasteiger partial charge in [-0.15, -0.1) is 6.58 Å². The number of sulfone groups is 1. The van der Waals surface area contributed by atoms with E-state index in [1.54, 1.807) is 11.6 Å². The van der Waals surface area contributed by atoms with E-state index in [2.05, 4.69) is 77.4 Å². The van der Waals surface area contributed by atoms with E-state index in [9.17, 15) is 12.8 Å². The zero-order valence-electron chi connectivity index (χ0n) is 38.0. The Morgan fingerprint density at radius 3 is 2.09 bits per heavy atom. The summed E-state index contributed by atoms with van der Waals surface area (Å²) < 4.78 is 38.6. The van der Waals surface area contributed by atoms with Crippen molar-refractivity contribution in [3.05, 3.63) is 36.0 Å². The molecule has 318 valence electrons. The number of nitrogens with zero attached hydrogens (tertiary/aromatic N) is 1. The molecule has 4 nitrogen and oxygen atoms in total. The number of nitrogens with one attached hydrogen (secondary N) is 1. The van der Waals surface area contributed by atoms with Crippen LogP contribution in [-0.2, 0) is 9.84 Å². The van der Waals surface area contributed by atoms with Crippen LogP contribution in [0.2, 0.25) is 0 Å². The van der Waals surface area contributed by atoms with Gasteiger partial charge >= 0.3 is 0 Å². The van der Waals surface area contributed by atoms with Gasteiger partial charge in [0.05, 0.1) is 17.2 Å². The highest BCUT2D eigenvalue weighted by Gasteiger charge is 2.69. The minimum Gasteiger partial charge on any atom is -0.310 e. The zero-order valence-corrected chi connectivity index (χ0v) is 38.8. The van der Waals surface area contributed by atoms with Gasteiger partial charge in [0.25, 0.3) is 0 Å². The fourth-order valence-corrected chi connectivity index (χ4v) is 16.0. The van der Waals surface area contributed by atoms with Crippen LogP contribution in [0.1, 0.15) is 173 Å². The number of hydrogen-bond acceptors (Lipinski definition) is 4. The van der Waals surface area contributed by atoms with Crippen LogP contribution in [0.25, 0.3) is 0 Å². The predicted octanol–water partition coefficient (Wildman–Crippen LogP) is 12.6. The van der Waals surface area contributed by atoms with E-state index in [0.717, 1.165) is 50.1 Å². The van der Waals surface area contributed by atoms with Crippen LogP contribution < -0.4 is 5.32 Å². The third-order valence-corrected chi connectivity index (χ3v) is 19.6. The van der Waals surface area contributed by atoms with Crippen molar-refractivity contribution in [2.45, 2.75) is 189 Å². The van der Waals surface area contributed by atoms with Gasteiger partial charge in [-0.1, -0.05) is 93.4 Å². The largest absolute Gasteiger partial charge is 0.310 e. The molecule has 10 unspecified atom stereocenters. The second kappa shape index (κ2) is 18.5. The van der Waals surface area contributed by atoms with Gasteiger partial charge in [-0.3, -0.25) is 9.29 Å². The summed E-state index contributed by atoms with van der Waals surface area (Å²) in [4.78, 5) is 2.40. The normalized spacial score (nSPS) is 42.7. The smallest absolute Gasteiger partial charge is 0.157 e. The van der Waals surface area contributed by atoms with Crippen LogP contribution in [0, 0.1) is 51.2 Å². The van der Waals surface area contributed by atoms with Gasteiger partial charge in [-0.05, 0) is 160 Å². The highest BCUT2D eigenvalue weighted by molar-refractivity contribution is 7.92. The van der Waals surface area contributed by atoms with Crippen LogP contribution >= 0.6 is 0 Å². The van der Waals surface area contributed by atoms with E-state index >= 15 is 0 Å². The lowest BCUT2D eigenvalue weighted by Gasteiger charge is -2.72. The first-order valence-corrected chi connectivity index (χ1v) is 24.8. The molecule has 1 heterocycles. The summed E-state index contributed by atoms with van der Waals surface area (Å²) in [7, 11) is -2.98. The summed E-state index contributed by atoms with van der Waals surface area (Å²) in [5, 5.41) is 3.69. The highest BCUT2D eigenvalue weighted by atomic mass is 32.2. The molecular formula is C49H87FN2O2S. The van der Waals surface area contributed by atoms with Gasteiger partial charge in [0.1, 0.15) is 0 Å².